The summed E-state index contributed by atoms with van der Waals surface area (Å²) in [7, 11) is 1.69. The summed E-state index contributed by atoms with van der Waals surface area (Å²) >= 11 is 0. The van der Waals surface area contributed by atoms with E-state index in [1.54, 1.807) is 25.4 Å². The molecule has 1 saturated carbocycles. The molecule has 6 rings (SSSR count). The van der Waals surface area contributed by atoms with E-state index in [2.05, 4.69) is 48.0 Å². The molecule has 39 heavy (non-hydrogen) atoms. The molecule has 6 heteroatoms. The standard InChI is InChI=1S/C33H37N3O3/c1-4-36-22(2)29(24-14-8-9-18-28(24)36)33(31-25(32(37)39-33)15-11-20-35-31)26-16-10-17-27(30(26)38-3)34-21-19-23-12-6-5-7-13-23/h8-11,14-18,20,23,34H,4-7,12-13,19,21H2,1-3H3. The monoisotopic (exact) mass is 523 g/mol. The highest BCUT2D eigenvalue weighted by atomic mass is 16.6. The molecule has 1 aliphatic carbocycles. The van der Waals surface area contributed by atoms with Crippen LogP contribution in [-0.2, 0) is 16.9 Å². The van der Waals surface area contributed by atoms with Crippen molar-refractivity contribution >= 4 is 22.6 Å². The van der Waals surface area contributed by atoms with Gasteiger partial charge >= 0.3 is 5.97 Å². The fourth-order valence-corrected chi connectivity index (χ4v) is 6.92. The Morgan fingerprint density at radius 3 is 2.69 bits per heavy atom. The first-order valence-corrected chi connectivity index (χ1v) is 14.3. The van der Waals surface area contributed by atoms with Crippen LogP contribution in [0.15, 0.2) is 60.8 Å². The number of methoxy groups -OCH3 is 1. The summed E-state index contributed by atoms with van der Waals surface area (Å²) in [6.45, 7) is 5.92. The molecule has 0 amide bonds. The lowest BCUT2D eigenvalue weighted by Gasteiger charge is -2.32. The van der Waals surface area contributed by atoms with Crippen LogP contribution in [0.2, 0.25) is 0 Å². The van der Waals surface area contributed by atoms with Gasteiger partial charge in [-0.3, -0.25) is 4.98 Å². The Morgan fingerprint density at radius 1 is 1.08 bits per heavy atom. The summed E-state index contributed by atoms with van der Waals surface area (Å²) in [5.74, 6) is 1.09. The average Bonchev–Trinajstić information content (AvgIpc) is 3.44. The molecule has 1 unspecified atom stereocenters. The van der Waals surface area contributed by atoms with Crippen LogP contribution in [0, 0.1) is 12.8 Å². The van der Waals surface area contributed by atoms with E-state index in [9.17, 15) is 4.79 Å². The van der Waals surface area contributed by atoms with E-state index >= 15 is 0 Å². The molecule has 6 nitrogen and oxygen atoms in total. The lowest BCUT2D eigenvalue weighted by Crippen LogP contribution is -2.32. The van der Waals surface area contributed by atoms with Gasteiger partial charge in [0.2, 0.25) is 5.60 Å². The van der Waals surface area contributed by atoms with Crippen molar-refractivity contribution in [1.29, 1.82) is 0 Å². The molecule has 0 bridgehead atoms. The zero-order valence-electron chi connectivity index (χ0n) is 23.1. The minimum atomic E-state index is -1.25. The fraction of sp³-hybridized carbons (Fsp3) is 0.394. The highest BCUT2D eigenvalue weighted by Gasteiger charge is 2.54. The van der Waals surface area contributed by atoms with Gasteiger partial charge in [-0.15, -0.1) is 0 Å². The molecular weight excluding hydrogens is 486 g/mol. The number of carbonyl (C=O) groups is 1. The highest BCUT2D eigenvalue weighted by molar-refractivity contribution is 5.98. The largest absolute Gasteiger partial charge is 0.494 e. The third kappa shape index (κ3) is 4.08. The van der Waals surface area contributed by atoms with Crippen molar-refractivity contribution in [2.24, 2.45) is 5.92 Å². The number of hydrogen-bond acceptors (Lipinski definition) is 5. The molecule has 0 radical (unpaired) electrons. The highest BCUT2D eigenvalue weighted by Crippen LogP contribution is 2.53. The minimum absolute atomic E-state index is 0.372. The van der Waals surface area contributed by atoms with Gasteiger partial charge in [0.25, 0.3) is 0 Å². The fourth-order valence-electron chi connectivity index (χ4n) is 6.92. The van der Waals surface area contributed by atoms with Gasteiger partial charge in [-0.25, -0.2) is 4.79 Å². The molecule has 0 saturated heterocycles. The van der Waals surface area contributed by atoms with Crippen LogP contribution in [-0.4, -0.2) is 29.2 Å². The number of nitrogens with zero attached hydrogens (tertiary/aromatic N) is 2. The smallest absolute Gasteiger partial charge is 0.341 e. The van der Waals surface area contributed by atoms with Gasteiger partial charge in [0.05, 0.1) is 23.9 Å². The lowest BCUT2D eigenvalue weighted by molar-refractivity contribution is 0.0239. The van der Waals surface area contributed by atoms with Crippen molar-refractivity contribution in [3.63, 3.8) is 0 Å². The number of benzene rings is 2. The Kier molecular flexibility index (Phi) is 6.79. The van der Waals surface area contributed by atoms with E-state index in [0.29, 0.717) is 17.0 Å². The van der Waals surface area contributed by atoms with Crippen molar-refractivity contribution in [2.45, 2.75) is 64.5 Å². The summed E-state index contributed by atoms with van der Waals surface area (Å²) in [5.41, 5.74) is 4.62. The molecule has 2 aromatic heterocycles. The number of carbonyl (C=O) groups excluding carboxylic acids is 1. The number of aromatic nitrogens is 2. The number of fused-ring (bicyclic) bond motifs is 2. The Bertz CT molecular complexity index is 1520. The topological polar surface area (TPSA) is 65.4 Å². The van der Waals surface area contributed by atoms with Crippen LogP contribution in [0.3, 0.4) is 0 Å². The molecule has 1 aliphatic heterocycles. The second-order valence-corrected chi connectivity index (χ2v) is 10.8. The van der Waals surface area contributed by atoms with Gasteiger partial charge < -0.3 is 19.4 Å². The Labute approximate surface area is 230 Å². The second-order valence-electron chi connectivity index (χ2n) is 10.8. The Hall–Kier alpha value is -3.80. The third-order valence-electron chi connectivity index (χ3n) is 8.70. The quantitative estimate of drug-likeness (QED) is 0.247. The normalized spacial score (nSPS) is 19.2. The van der Waals surface area contributed by atoms with Gasteiger partial charge in [0.15, 0.2) is 0 Å². The summed E-state index contributed by atoms with van der Waals surface area (Å²) < 4.78 is 14.9. The summed E-state index contributed by atoms with van der Waals surface area (Å²) in [4.78, 5) is 18.3. The van der Waals surface area contributed by atoms with E-state index < -0.39 is 5.60 Å². The van der Waals surface area contributed by atoms with Crippen molar-refractivity contribution in [2.75, 3.05) is 19.0 Å². The van der Waals surface area contributed by atoms with E-state index in [0.717, 1.165) is 58.8 Å². The van der Waals surface area contributed by atoms with Crippen molar-refractivity contribution in [3.05, 3.63) is 88.9 Å². The van der Waals surface area contributed by atoms with E-state index in [4.69, 9.17) is 14.5 Å². The van der Waals surface area contributed by atoms with Crippen molar-refractivity contribution in [3.8, 4) is 5.75 Å². The van der Waals surface area contributed by atoms with Crippen LogP contribution >= 0.6 is 0 Å². The Morgan fingerprint density at radius 2 is 1.90 bits per heavy atom. The van der Waals surface area contributed by atoms with Crippen LogP contribution in [0.1, 0.15) is 78.3 Å². The number of esters is 1. The zero-order chi connectivity index (χ0) is 27.0. The predicted octanol–water partition coefficient (Wildman–Crippen LogP) is 7.22. The molecule has 1 fully saturated rings. The van der Waals surface area contributed by atoms with Crippen LogP contribution in [0.4, 0.5) is 5.69 Å². The number of aryl methyl sites for hydroxylation is 1. The van der Waals surface area contributed by atoms with Gasteiger partial charge in [0, 0.05) is 41.4 Å². The second kappa shape index (κ2) is 10.4. The summed E-state index contributed by atoms with van der Waals surface area (Å²) in [6, 6.07) is 18.0. The van der Waals surface area contributed by atoms with E-state index in [-0.39, 0.29) is 5.97 Å². The Balaban J connectivity index is 1.54. The van der Waals surface area contributed by atoms with E-state index in [1.165, 1.54) is 32.1 Å². The van der Waals surface area contributed by atoms with Crippen LogP contribution < -0.4 is 10.1 Å². The maximum atomic E-state index is 13.5. The van der Waals surface area contributed by atoms with E-state index in [1.807, 2.05) is 18.2 Å². The lowest BCUT2D eigenvalue weighted by atomic mass is 9.80. The number of hydrogen-bond donors (Lipinski definition) is 1. The number of para-hydroxylation sites is 2. The maximum Gasteiger partial charge on any atom is 0.341 e. The van der Waals surface area contributed by atoms with Gasteiger partial charge in [-0.05, 0) is 50.5 Å². The molecule has 1 atom stereocenters. The number of pyridine rings is 1. The van der Waals surface area contributed by atoms with Gasteiger partial charge in [-0.1, -0.05) is 62.4 Å². The number of ether oxygens (including phenoxy) is 2. The summed E-state index contributed by atoms with van der Waals surface area (Å²) in [6.07, 6.45) is 9.57. The van der Waals surface area contributed by atoms with Crippen LogP contribution in [0.25, 0.3) is 10.9 Å². The molecule has 202 valence electrons. The number of rotatable bonds is 8. The molecule has 0 spiro atoms. The van der Waals surface area contributed by atoms with Crippen LogP contribution in [0.5, 0.6) is 5.75 Å². The van der Waals surface area contributed by atoms with Gasteiger partial charge in [-0.2, -0.15) is 0 Å². The minimum Gasteiger partial charge on any atom is -0.494 e. The van der Waals surface area contributed by atoms with Crippen molar-refractivity contribution < 1.29 is 14.3 Å². The SMILES string of the molecule is CCn1c(C)c(C2(c3cccc(NCCC4CCCCC4)c3OC)OC(=O)c3cccnc32)c2ccccc21. The number of anilines is 1. The molecule has 4 aromatic rings. The molecular formula is C33H37N3O3. The first kappa shape index (κ1) is 25.5. The molecule has 2 aromatic carbocycles. The number of cyclic esters (lactones) is 1. The molecule has 1 N–H and O–H groups in total. The maximum absolute atomic E-state index is 13.5. The third-order valence-corrected chi connectivity index (χ3v) is 8.70. The molecule has 2 aliphatic rings. The first-order chi connectivity index (χ1) is 19.1. The summed E-state index contributed by atoms with van der Waals surface area (Å²) in [5, 5.41) is 4.70. The first-order valence-electron chi connectivity index (χ1n) is 14.3. The van der Waals surface area contributed by atoms with Crippen molar-refractivity contribution in [1.82, 2.24) is 9.55 Å². The molecule has 3 heterocycles. The van der Waals surface area contributed by atoms with Gasteiger partial charge in [0.1, 0.15) is 11.4 Å². The number of nitrogens with one attached hydrogen (secondary N) is 1. The zero-order valence-corrected chi connectivity index (χ0v) is 23.1. The average molecular weight is 524 g/mol. The predicted molar refractivity (Wildman–Crippen MR) is 155 cm³/mol.